The maximum atomic E-state index is 9.80. The number of rotatable bonds is 3. The molecule has 2 unspecified atom stereocenters. The Morgan fingerprint density at radius 1 is 1.30 bits per heavy atom. The molecule has 1 aliphatic carbocycles. The number of likely N-dealkylation sites (tertiary alicyclic amines) is 1. The van der Waals surface area contributed by atoms with Crippen LogP contribution in [0.25, 0.3) is 0 Å². The molecule has 0 bridgehead atoms. The Hall–Kier alpha value is -1.06. The molecule has 20 heavy (non-hydrogen) atoms. The van der Waals surface area contributed by atoms with Crippen molar-refractivity contribution >= 4 is 0 Å². The first-order valence-corrected chi connectivity index (χ1v) is 7.82. The van der Waals surface area contributed by atoms with E-state index in [1.54, 1.807) is 7.11 Å². The van der Waals surface area contributed by atoms with Gasteiger partial charge in [0.15, 0.2) is 0 Å². The molecule has 2 aliphatic rings. The van der Waals surface area contributed by atoms with Crippen molar-refractivity contribution in [1.82, 2.24) is 4.90 Å². The number of methoxy groups -OCH3 is 1. The van der Waals surface area contributed by atoms with Crippen LogP contribution in [-0.4, -0.2) is 36.8 Å². The molecule has 1 aromatic carbocycles. The second-order valence-corrected chi connectivity index (χ2v) is 6.25. The smallest absolute Gasteiger partial charge is 0.115 e. The third-order valence-electron chi connectivity index (χ3n) is 4.81. The van der Waals surface area contributed by atoms with Crippen molar-refractivity contribution in [3.63, 3.8) is 0 Å². The van der Waals surface area contributed by atoms with E-state index in [1.807, 2.05) is 12.1 Å². The summed E-state index contributed by atoms with van der Waals surface area (Å²) < 4.78 is 5.34. The first-order chi connectivity index (χ1) is 9.78. The van der Waals surface area contributed by atoms with E-state index in [0.29, 0.717) is 17.7 Å². The summed E-state index contributed by atoms with van der Waals surface area (Å²) in [6.45, 7) is 3.18. The van der Waals surface area contributed by atoms with Gasteiger partial charge < -0.3 is 9.84 Å². The number of benzene rings is 1. The summed E-state index contributed by atoms with van der Waals surface area (Å²) >= 11 is 0. The lowest BCUT2D eigenvalue weighted by molar-refractivity contribution is 0.0627. The lowest BCUT2D eigenvalue weighted by atomic mass is 9.85. The largest absolute Gasteiger partial charge is 0.508 e. The summed E-state index contributed by atoms with van der Waals surface area (Å²) in [5.74, 6) is 1.07. The Bertz CT molecular complexity index is 458. The highest BCUT2D eigenvalue weighted by Gasteiger charge is 2.30. The quantitative estimate of drug-likeness (QED) is 0.920. The zero-order valence-electron chi connectivity index (χ0n) is 12.3. The van der Waals surface area contributed by atoms with Crippen molar-refractivity contribution in [2.24, 2.45) is 5.92 Å². The average molecular weight is 275 g/mol. The van der Waals surface area contributed by atoms with Crippen LogP contribution in [0, 0.1) is 5.92 Å². The first kappa shape index (κ1) is 13.9. The zero-order chi connectivity index (χ0) is 13.9. The topological polar surface area (TPSA) is 32.7 Å². The van der Waals surface area contributed by atoms with Crippen LogP contribution < -0.4 is 0 Å². The Morgan fingerprint density at radius 3 is 3.05 bits per heavy atom. The molecule has 110 valence electrons. The summed E-state index contributed by atoms with van der Waals surface area (Å²) in [5, 5.41) is 9.80. The van der Waals surface area contributed by atoms with Crippen molar-refractivity contribution in [3.8, 4) is 5.75 Å². The standard InChI is InChI=1S/C17H25NO2/c1-20-12-13-4-3-9-18(11-13)17-6-2-5-14-7-8-15(19)10-16(14)17/h7-8,10,13,17,19H,2-6,9,11-12H2,1H3. The van der Waals surface area contributed by atoms with E-state index in [-0.39, 0.29) is 0 Å². The number of nitrogens with zero attached hydrogens (tertiary/aromatic N) is 1. The van der Waals surface area contributed by atoms with E-state index < -0.39 is 0 Å². The number of ether oxygens (including phenoxy) is 1. The minimum Gasteiger partial charge on any atom is -0.508 e. The molecule has 1 N–H and O–H groups in total. The molecule has 1 heterocycles. The molecule has 1 aromatic rings. The van der Waals surface area contributed by atoms with E-state index in [9.17, 15) is 5.11 Å². The summed E-state index contributed by atoms with van der Waals surface area (Å²) in [7, 11) is 1.80. The van der Waals surface area contributed by atoms with Crippen LogP contribution in [0.3, 0.4) is 0 Å². The van der Waals surface area contributed by atoms with Crippen LogP contribution in [0.4, 0.5) is 0 Å². The second-order valence-electron chi connectivity index (χ2n) is 6.25. The number of phenolic OH excluding ortho intramolecular Hbond substituents is 1. The SMILES string of the molecule is COCC1CCCN(C2CCCc3ccc(O)cc32)C1. The van der Waals surface area contributed by atoms with Crippen LogP contribution in [-0.2, 0) is 11.2 Å². The number of phenols is 1. The van der Waals surface area contributed by atoms with Gasteiger partial charge >= 0.3 is 0 Å². The van der Waals surface area contributed by atoms with Crippen molar-refractivity contribution in [2.75, 3.05) is 26.8 Å². The van der Waals surface area contributed by atoms with E-state index in [0.717, 1.165) is 19.6 Å². The van der Waals surface area contributed by atoms with Gasteiger partial charge in [0.05, 0.1) is 6.61 Å². The molecule has 3 nitrogen and oxygen atoms in total. The predicted octanol–water partition coefficient (Wildman–Crippen LogP) is 3.13. The van der Waals surface area contributed by atoms with Gasteiger partial charge in [0.2, 0.25) is 0 Å². The van der Waals surface area contributed by atoms with Crippen molar-refractivity contribution in [2.45, 2.75) is 38.1 Å². The number of hydrogen-bond acceptors (Lipinski definition) is 3. The monoisotopic (exact) mass is 275 g/mol. The van der Waals surface area contributed by atoms with E-state index in [4.69, 9.17) is 4.74 Å². The number of aryl methyl sites for hydroxylation is 1. The van der Waals surface area contributed by atoms with E-state index in [2.05, 4.69) is 11.0 Å². The molecule has 1 saturated heterocycles. The first-order valence-electron chi connectivity index (χ1n) is 7.82. The van der Waals surface area contributed by atoms with Crippen molar-refractivity contribution < 1.29 is 9.84 Å². The van der Waals surface area contributed by atoms with E-state index in [1.165, 1.54) is 43.4 Å². The molecular weight excluding hydrogens is 250 g/mol. The fraction of sp³-hybridized carbons (Fsp3) is 0.647. The summed E-state index contributed by atoms with van der Waals surface area (Å²) in [4.78, 5) is 2.62. The molecule has 0 saturated carbocycles. The molecule has 3 heteroatoms. The Labute approximate surface area is 121 Å². The van der Waals surface area contributed by atoms with Crippen molar-refractivity contribution in [3.05, 3.63) is 29.3 Å². The van der Waals surface area contributed by atoms with Gasteiger partial charge in [-0.15, -0.1) is 0 Å². The molecule has 1 fully saturated rings. The van der Waals surface area contributed by atoms with Crippen LogP contribution in [0.2, 0.25) is 0 Å². The summed E-state index contributed by atoms with van der Waals surface area (Å²) in [6, 6.07) is 6.41. The van der Waals surface area contributed by atoms with Crippen LogP contribution >= 0.6 is 0 Å². The molecule has 0 spiro atoms. The van der Waals surface area contributed by atoms with Gasteiger partial charge in [0, 0.05) is 19.7 Å². The minimum absolute atomic E-state index is 0.404. The van der Waals surface area contributed by atoms with Gasteiger partial charge in [-0.1, -0.05) is 6.07 Å². The van der Waals surface area contributed by atoms with Gasteiger partial charge in [-0.25, -0.2) is 0 Å². The van der Waals surface area contributed by atoms with Gasteiger partial charge in [-0.05, 0) is 67.8 Å². The zero-order valence-corrected chi connectivity index (χ0v) is 12.3. The van der Waals surface area contributed by atoms with Gasteiger partial charge in [0.25, 0.3) is 0 Å². The fourth-order valence-electron chi connectivity index (χ4n) is 3.89. The van der Waals surface area contributed by atoms with Crippen LogP contribution in [0.1, 0.15) is 42.9 Å². The Kier molecular flexibility index (Phi) is 4.27. The number of hydrogen-bond donors (Lipinski definition) is 1. The van der Waals surface area contributed by atoms with Crippen LogP contribution in [0.5, 0.6) is 5.75 Å². The Morgan fingerprint density at radius 2 is 2.20 bits per heavy atom. The minimum atomic E-state index is 0.404. The normalized spacial score (nSPS) is 27.2. The highest BCUT2D eigenvalue weighted by Crippen LogP contribution is 2.38. The highest BCUT2D eigenvalue weighted by molar-refractivity contribution is 5.38. The van der Waals surface area contributed by atoms with Gasteiger partial charge in [-0.3, -0.25) is 4.90 Å². The molecule has 3 rings (SSSR count). The number of aromatic hydroxyl groups is 1. The predicted molar refractivity (Wildman–Crippen MR) is 80.0 cm³/mol. The summed E-state index contributed by atoms with van der Waals surface area (Å²) in [6.07, 6.45) is 6.17. The molecule has 0 radical (unpaired) electrons. The number of piperidine rings is 1. The number of fused-ring (bicyclic) bond motifs is 1. The maximum absolute atomic E-state index is 9.80. The lowest BCUT2D eigenvalue weighted by Gasteiger charge is -2.40. The van der Waals surface area contributed by atoms with E-state index >= 15 is 0 Å². The maximum Gasteiger partial charge on any atom is 0.115 e. The molecule has 1 aliphatic heterocycles. The third-order valence-corrected chi connectivity index (χ3v) is 4.81. The van der Waals surface area contributed by atoms with Crippen LogP contribution in [0.15, 0.2) is 18.2 Å². The second kappa shape index (κ2) is 6.15. The molecular formula is C17H25NO2. The average Bonchev–Trinajstić information content (AvgIpc) is 2.47. The molecule has 0 amide bonds. The Balaban J connectivity index is 1.79. The molecule has 2 atom stereocenters. The third kappa shape index (κ3) is 2.84. The van der Waals surface area contributed by atoms with Gasteiger partial charge in [0.1, 0.15) is 5.75 Å². The van der Waals surface area contributed by atoms with Gasteiger partial charge in [-0.2, -0.15) is 0 Å². The molecule has 0 aromatic heterocycles. The lowest BCUT2D eigenvalue weighted by Crippen LogP contribution is -2.40. The van der Waals surface area contributed by atoms with Crippen molar-refractivity contribution in [1.29, 1.82) is 0 Å². The highest BCUT2D eigenvalue weighted by atomic mass is 16.5. The summed E-state index contributed by atoms with van der Waals surface area (Å²) in [5.41, 5.74) is 2.78. The fourth-order valence-corrected chi connectivity index (χ4v) is 3.89.